The third-order valence-electron chi connectivity index (χ3n) is 5.31. The molecular weight excluding hydrogens is 380 g/mol. The molecule has 0 amide bonds. The number of hydrogen-bond donors (Lipinski definition) is 0. The first-order valence-electron chi connectivity index (χ1n) is 9.42. The number of imidazole rings is 1. The Bertz CT molecular complexity index is 915. The summed E-state index contributed by atoms with van der Waals surface area (Å²) in [5.41, 5.74) is 0. The van der Waals surface area contributed by atoms with E-state index >= 15 is 0 Å². The van der Waals surface area contributed by atoms with Crippen molar-refractivity contribution in [3.63, 3.8) is 0 Å². The first-order chi connectivity index (χ1) is 13.4. The molecule has 10 nitrogen and oxygen atoms in total. The molecule has 4 rings (SSSR count). The zero-order chi connectivity index (χ0) is 19.7. The number of aromatic nitrogens is 4. The standard InChI is InChI=1S/C17H26N8O2S/c1-21-3-5-23(6-4-21)15-11-16(19-13-18-15)24-7-9-25(10-8-24)28(26,27)17-12-22(2)14-20-17/h11-14H,3-10H2,1-2H3. The molecule has 2 aromatic rings. The number of hydrogen-bond acceptors (Lipinski definition) is 8. The van der Waals surface area contributed by atoms with E-state index in [4.69, 9.17) is 0 Å². The lowest BCUT2D eigenvalue weighted by atomic mass is 10.3. The van der Waals surface area contributed by atoms with Gasteiger partial charge in [-0.25, -0.2) is 23.4 Å². The van der Waals surface area contributed by atoms with Gasteiger partial charge in [-0.15, -0.1) is 0 Å². The van der Waals surface area contributed by atoms with Gasteiger partial charge < -0.3 is 19.3 Å². The Balaban J connectivity index is 1.42. The summed E-state index contributed by atoms with van der Waals surface area (Å²) in [7, 11) is 0.339. The van der Waals surface area contributed by atoms with E-state index in [2.05, 4.69) is 36.7 Å². The van der Waals surface area contributed by atoms with Crippen molar-refractivity contribution >= 4 is 21.7 Å². The van der Waals surface area contributed by atoms with Crippen LogP contribution in [0.25, 0.3) is 0 Å². The molecule has 0 unspecified atom stereocenters. The van der Waals surface area contributed by atoms with E-state index in [9.17, 15) is 8.42 Å². The monoisotopic (exact) mass is 406 g/mol. The van der Waals surface area contributed by atoms with Crippen LogP contribution in [0, 0.1) is 0 Å². The van der Waals surface area contributed by atoms with Crippen molar-refractivity contribution in [1.29, 1.82) is 0 Å². The molecule has 0 saturated carbocycles. The highest BCUT2D eigenvalue weighted by Gasteiger charge is 2.30. The Morgan fingerprint density at radius 2 is 1.39 bits per heavy atom. The lowest BCUT2D eigenvalue weighted by Gasteiger charge is -2.35. The minimum atomic E-state index is -3.55. The number of aryl methyl sites for hydroxylation is 1. The smallest absolute Gasteiger partial charge is 0.262 e. The fraction of sp³-hybridized carbons (Fsp3) is 0.588. The van der Waals surface area contributed by atoms with Crippen molar-refractivity contribution in [3.05, 3.63) is 24.9 Å². The van der Waals surface area contributed by atoms with E-state index in [-0.39, 0.29) is 5.03 Å². The molecule has 2 aliphatic heterocycles. The number of sulfonamides is 1. The molecule has 152 valence electrons. The van der Waals surface area contributed by atoms with Crippen molar-refractivity contribution in [2.75, 3.05) is 69.2 Å². The maximum Gasteiger partial charge on any atom is 0.262 e. The average molecular weight is 407 g/mol. The zero-order valence-electron chi connectivity index (χ0n) is 16.3. The third-order valence-corrected chi connectivity index (χ3v) is 7.10. The Hall–Kier alpha value is -2.24. The molecule has 11 heteroatoms. The lowest BCUT2D eigenvalue weighted by Crippen LogP contribution is -2.49. The van der Waals surface area contributed by atoms with Crippen LogP contribution in [0.4, 0.5) is 11.6 Å². The summed E-state index contributed by atoms with van der Waals surface area (Å²) in [5.74, 6) is 1.78. The fourth-order valence-electron chi connectivity index (χ4n) is 3.53. The van der Waals surface area contributed by atoms with Gasteiger partial charge in [-0.3, -0.25) is 0 Å². The molecule has 2 fully saturated rings. The van der Waals surface area contributed by atoms with E-state index in [0.717, 1.165) is 37.8 Å². The van der Waals surface area contributed by atoms with Gasteiger partial charge in [-0.1, -0.05) is 0 Å². The van der Waals surface area contributed by atoms with Gasteiger partial charge in [-0.05, 0) is 7.05 Å². The van der Waals surface area contributed by atoms with Crippen LogP contribution in [0.3, 0.4) is 0 Å². The molecule has 0 N–H and O–H groups in total. The molecule has 0 aromatic carbocycles. The van der Waals surface area contributed by atoms with Crippen LogP contribution < -0.4 is 9.80 Å². The van der Waals surface area contributed by atoms with Crippen LogP contribution in [0.15, 0.2) is 29.9 Å². The minimum absolute atomic E-state index is 0.0999. The number of nitrogens with zero attached hydrogens (tertiary/aromatic N) is 8. The van der Waals surface area contributed by atoms with Gasteiger partial charge in [0, 0.05) is 71.7 Å². The number of likely N-dealkylation sites (N-methyl/N-ethyl adjacent to an activating group) is 1. The van der Waals surface area contributed by atoms with Gasteiger partial charge in [0.2, 0.25) is 0 Å². The predicted octanol–water partition coefficient (Wildman–Crippen LogP) is -0.527. The normalized spacial score (nSPS) is 19.9. The van der Waals surface area contributed by atoms with Crippen molar-refractivity contribution in [2.24, 2.45) is 7.05 Å². The summed E-state index contributed by atoms with van der Waals surface area (Å²) in [6.07, 6.45) is 4.64. The van der Waals surface area contributed by atoms with Gasteiger partial charge in [0.25, 0.3) is 10.0 Å². The largest absolute Gasteiger partial charge is 0.354 e. The van der Waals surface area contributed by atoms with Crippen LogP contribution >= 0.6 is 0 Å². The van der Waals surface area contributed by atoms with E-state index in [1.165, 1.54) is 16.8 Å². The zero-order valence-corrected chi connectivity index (χ0v) is 17.1. The molecule has 0 atom stereocenters. The van der Waals surface area contributed by atoms with E-state index in [1.807, 2.05) is 6.07 Å². The van der Waals surface area contributed by atoms with Crippen LogP contribution in [-0.2, 0) is 17.1 Å². The fourth-order valence-corrected chi connectivity index (χ4v) is 4.92. The Labute approximate surface area is 165 Å². The molecule has 2 aliphatic rings. The number of anilines is 2. The molecule has 4 heterocycles. The van der Waals surface area contributed by atoms with Gasteiger partial charge in [-0.2, -0.15) is 4.31 Å². The molecule has 2 aromatic heterocycles. The Morgan fingerprint density at radius 3 is 1.93 bits per heavy atom. The van der Waals surface area contributed by atoms with Gasteiger partial charge in [0.1, 0.15) is 18.0 Å². The predicted molar refractivity (Wildman–Crippen MR) is 106 cm³/mol. The second kappa shape index (κ2) is 7.64. The minimum Gasteiger partial charge on any atom is -0.354 e. The second-order valence-electron chi connectivity index (χ2n) is 7.29. The quantitative estimate of drug-likeness (QED) is 0.670. The highest BCUT2D eigenvalue weighted by Crippen LogP contribution is 2.22. The van der Waals surface area contributed by atoms with E-state index < -0.39 is 10.0 Å². The van der Waals surface area contributed by atoms with Crippen molar-refractivity contribution < 1.29 is 8.42 Å². The van der Waals surface area contributed by atoms with Gasteiger partial charge in [0.05, 0.1) is 6.33 Å². The average Bonchev–Trinajstić information content (AvgIpc) is 3.16. The lowest BCUT2D eigenvalue weighted by molar-refractivity contribution is 0.312. The van der Waals surface area contributed by atoms with Crippen molar-refractivity contribution in [2.45, 2.75) is 5.03 Å². The number of piperazine rings is 2. The van der Waals surface area contributed by atoms with E-state index in [1.54, 1.807) is 17.9 Å². The van der Waals surface area contributed by atoms with E-state index in [0.29, 0.717) is 26.2 Å². The van der Waals surface area contributed by atoms with Crippen LogP contribution in [0.2, 0.25) is 0 Å². The summed E-state index contributed by atoms with van der Waals surface area (Å²) in [6, 6.07) is 2.01. The maximum atomic E-state index is 12.7. The van der Waals surface area contributed by atoms with Gasteiger partial charge in [0.15, 0.2) is 5.03 Å². The first kappa shape index (κ1) is 19.1. The number of rotatable bonds is 4. The second-order valence-corrected chi connectivity index (χ2v) is 9.18. The highest BCUT2D eigenvalue weighted by molar-refractivity contribution is 7.89. The molecule has 0 radical (unpaired) electrons. The van der Waals surface area contributed by atoms with Crippen LogP contribution in [0.5, 0.6) is 0 Å². The molecular formula is C17H26N8O2S. The molecule has 28 heavy (non-hydrogen) atoms. The summed E-state index contributed by atoms with van der Waals surface area (Å²) < 4.78 is 28.6. The van der Waals surface area contributed by atoms with Crippen LogP contribution in [0.1, 0.15) is 0 Å². The highest BCUT2D eigenvalue weighted by atomic mass is 32.2. The summed E-state index contributed by atoms with van der Waals surface area (Å²) >= 11 is 0. The molecule has 0 bridgehead atoms. The van der Waals surface area contributed by atoms with Crippen LogP contribution in [-0.4, -0.2) is 96.5 Å². The molecule has 0 spiro atoms. The van der Waals surface area contributed by atoms with Crippen molar-refractivity contribution in [1.82, 2.24) is 28.7 Å². The Kier molecular flexibility index (Phi) is 5.21. The Morgan fingerprint density at radius 1 is 0.821 bits per heavy atom. The molecule has 0 aliphatic carbocycles. The first-order valence-corrected chi connectivity index (χ1v) is 10.9. The van der Waals surface area contributed by atoms with Gasteiger partial charge >= 0.3 is 0 Å². The topological polar surface area (TPSA) is 90.7 Å². The van der Waals surface area contributed by atoms with Crippen molar-refractivity contribution in [3.8, 4) is 0 Å². The summed E-state index contributed by atoms with van der Waals surface area (Å²) in [4.78, 5) is 19.5. The summed E-state index contributed by atoms with van der Waals surface area (Å²) in [5, 5.41) is 0.0999. The SMILES string of the molecule is CN1CCN(c2cc(N3CCN(S(=O)(=O)c4cn(C)cn4)CC3)ncn2)CC1. The molecule has 2 saturated heterocycles. The third kappa shape index (κ3) is 3.82. The summed E-state index contributed by atoms with van der Waals surface area (Å²) in [6.45, 7) is 5.93. The maximum absolute atomic E-state index is 12.7.